The number of amides is 2. The molecule has 0 atom stereocenters. The Bertz CT molecular complexity index is 1260. The number of nitrogens with one attached hydrogen (secondary N) is 2. The first-order valence-corrected chi connectivity index (χ1v) is 12.2. The SMILES string of the molecule is CCCOc1ccccc1C(=O)Nc1cccc2c(NC(=O)c3ccccc3OCCC)cccc12. The van der Waals surface area contributed by atoms with Crippen molar-refractivity contribution >= 4 is 34.0 Å². The van der Waals surface area contributed by atoms with Gasteiger partial charge in [0.1, 0.15) is 11.5 Å². The smallest absolute Gasteiger partial charge is 0.259 e. The van der Waals surface area contributed by atoms with E-state index in [1.54, 1.807) is 24.3 Å². The van der Waals surface area contributed by atoms with E-state index in [0.29, 0.717) is 47.2 Å². The van der Waals surface area contributed by atoms with Crippen LogP contribution in [0.3, 0.4) is 0 Å². The summed E-state index contributed by atoms with van der Waals surface area (Å²) < 4.78 is 11.5. The zero-order chi connectivity index (χ0) is 25.3. The molecule has 0 spiro atoms. The van der Waals surface area contributed by atoms with E-state index in [-0.39, 0.29) is 11.8 Å². The van der Waals surface area contributed by atoms with Crippen LogP contribution in [0, 0.1) is 0 Å². The predicted octanol–water partition coefficient (Wildman–Crippen LogP) is 6.92. The molecule has 2 amide bonds. The van der Waals surface area contributed by atoms with Gasteiger partial charge in [0, 0.05) is 22.1 Å². The molecule has 6 heteroatoms. The van der Waals surface area contributed by atoms with Crippen molar-refractivity contribution in [2.24, 2.45) is 0 Å². The molecule has 4 aromatic carbocycles. The highest BCUT2D eigenvalue weighted by Crippen LogP contribution is 2.31. The van der Waals surface area contributed by atoms with E-state index >= 15 is 0 Å². The summed E-state index contributed by atoms with van der Waals surface area (Å²) >= 11 is 0. The minimum Gasteiger partial charge on any atom is -0.493 e. The van der Waals surface area contributed by atoms with Crippen molar-refractivity contribution in [2.45, 2.75) is 26.7 Å². The second-order valence-corrected chi connectivity index (χ2v) is 8.30. The molecule has 0 radical (unpaired) electrons. The first-order chi connectivity index (χ1) is 17.6. The number of rotatable bonds is 10. The van der Waals surface area contributed by atoms with E-state index < -0.39 is 0 Å². The number of benzene rings is 4. The lowest BCUT2D eigenvalue weighted by atomic mass is 10.1. The number of hydrogen-bond acceptors (Lipinski definition) is 4. The van der Waals surface area contributed by atoms with Crippen LogP contribution in [0.1, 0.15) is 47.4 Å². The van der Waals surface area contributed by atoms with Gasteiger partial charge >= 0.3 is 0 Å². The molecule has 0 heterocycles. The number of para-hydroxylation sites is 2. The molecule has 0 aliphatic heterocycles. The van der Waals surface area contributed by atoms with Gasteiger partial charge in [0.05, 0.1) is 24.3 Å². The van der Waals surface area contributed by atoms with Crippen molar-refractivity contribution < 1.29 is 19.1 Å². The molecule has 0 fully saturated rings. The van der Waals surface area contributed by atoms with Gasteiger partial charge in [-0.25, -0.2) is 0 Å². The Balaban J connectivity index is 1.60. The predicted molar refractivity (Wildman–Crippen MR) is 144 cm³/mol. The van der Waals surface area contributed by atoms with Crippen LogP contribution < -0.4 is 20.1 Å². The van der Waals surface area contributed by atoms with E-state index in [1.807, 2.05) is 74.5 Å². The highest BCUT2D eigenvalue weighted by molar-refractivity contribution is 6.15. The normalized spacial score (nSPS) is 10.6. The third kappa shape index (κ3) is 5.66. The molecule has 184 valence electrons. The molecule has 0 aliphatic carbocycles. The second kappa shape index (κ2) is 11.9. The molecular weight excluding hydrogens is 452 g/mol. The van der Waals surface area contributed by atoms with Crippen LogP contribution in [-0.4, -0.2) is 25.0 Å². The summed E-state index contributed by atoms with van der Waals surface area (Å²) in [5.41, 5.74) is 2.23. The Morgan fingerprint density at radius 2 is 1.00 bits per heavy atom. The van der Waals surface area contributed by atoms with Crippen LogP contribution in [0.25, 0.3) is 10.8 Å². The van der Waals surface area contributed by atoms with Gasteiger partial charge in [-0.3, -0.25) is 9.59 Å². The van der Waals surface area contributed by atoms with Gasteiger partial charge in [-0.1, -0.05) is 62.4 Å². The number of carbonyl (C=O) groups is 2. The molecule has 0 aromatic heterocycles. The number of fused-ring (bicyclic) bond motifs is 1. The Morgan fingerprint density at radius 3 is 1.42 bits per heavy atom. The number of hydrogen-bond donors (Lipinski definition) is 2. The fraction of sp³-hybridized carbons (Fsp3) is 0.200. The maximum Gasteiger partial charge on any atom is 0.259 e. The number of ether oxygens (including phenoxy) is 2. The monoisotopic (exact) mass is 482 g/mol. The third-order valence-corrected chi connectivity index (χ3v) is 5.61. The summed E-state index contributed by atoms with van der Waals surface area (Å²) in [5.74, 6) is 0.583. The highest BCUT2D eigenvalue weighted by Gasteiger charge is 2.16. The van der Waals surface area contributed by atoms with Gasteiger partial charge in [0.2, 0.25) is 0 Å². The van der Waals surface area contributed by atoms with Gasteiger partial charge in [-0.15, -0.1) is 0 Å². The van der Waals surface area contributed by atoms with Gasteiger partial charge in [0.15, 0.2) is 0 Å². The zero-order valence-electron chi connectivity index (χ0n) is 20.5. The Labute approximate surface area is 211 Å². The fourth-order valence-electron chi connectivity index (χ4n) is 3.89. The summed E-state index contributed by atoms with van der Waals surface area (Å²) in [6, 6.07) is 25.6. The van der Waals surface area contributed by atoms with Crippen LogP contribution in [0.2, 0.25) is 0 Å². The summed E-state index contributed by atoms with van der Waals surface area (Å²) in [5, 5.41) is 7.64. The van der Waals surface area contributed by atoms with E-state index in [4.69, 9.17) is 9.47 Å². The fourth-order valence-corrected chi connectivity index (χ4v) is 3.89. The number of anilines is 2. The topological polar surface area (TPSA) is 76.7 Å². The van der Waals surface area contributed by atoms with E-state index in [2.05, 4.69) is 10.6 Å². The minimum absolute atomic E-state index is 0.259. The Hall–Kier alpha value is -4.32. The van der Waals surface area contributed by atoms with Crippen LogP contribution in [0.5, 0.6) is 11.5 Å². The van der Waals surface area contributed by atoms with Crippen molar-refractivity contribution in [3.8, 4) is 11.5 Å². The summed E-state index contributed by atoms with van der Waals surface area (Å²) in [7, 11) is 0. The molecule has 4 aromatic rings. The highest BCUT2D eigenvalue weighted by atomic mass is 16.5. The van der Waals surface area contributed by atoms with Crippen LogP contribution in [-0.2, 0) is 0 Å². The van der Waals surface area contributed by atoms with Gasteiger partial charge in [-0.05, 0) is 49.2 Å². The second-order valence-electron chi connectivity index (χ2n) is 8.30. The van der Waals surface area contributed by atoms with E-state index in [9.17, 15) is 9.59 Å². The van der Waals surface area contributed by atoms with Gasteiger partial charge in [0.25, 0.3) is 11.8 Å². The lowest BCUT2D eigenvalue weighted by Gasteiger charge is -2.15. The first kappa shape index (κ1) is 24.8. The standard InChI is InChI=1S/C30H30N2O4/c1-3-19-35-27-17-7-5-11-23(27)29(33)31-25-15-9-14-22-21(25)13-10-16-26(22)32-30(34)24-12-6-8-18-28(24)36-20-4-2/h5-18H,3-4,19-20H2,1-2H3,(H,31,33)(H,32,34). The van der Waals surface area contributed by atoms with Crippen LogP contribution in [0.15, 0.2) is 84.9 Å². The van der Waals surface area contributed by atoms with Crippen molar-refractivity contribution in [1.29, 1.82) is 0 Å². The third-order valence-electron chi connectivity index (χ3n) is 5.61. The van der Waals surface area contributed by atoms with Crippen molar-refractivity contribution in [3.63, 3.8) is 0 Å². The maximum atomic E-state index is 13.1. The molecule has 2 N–H and O–H groups in total. The van der Waals surface area contributed by atoms with Crippen molar-refractivity contribution in [2.75, 3.05) is 23.8 Å². The molecule has 0 unspecified atom stereocenters. The van der Waals surface area contributed by atoms with Crippen LogP contribution in [0.4, 0.5) is 11.4 Å². The average molecular weight is 483 g/mol. The lowest BCUT2D eigenvalue weighted by molar-refractivity contribution is 0.101. The Morgan fingerprint density at radius 1 is 0.583 bits per heavy atom. The molecule has 0 saturated heterocycles. The summed E-state index contributed by atoms with van der Waals surface area (Å²) in [6.07, 6.45) is 1.70. The molecule has 36 heavy (non-hydrogen) atoms. The molecule has 6 nitrogen and oxygen atoms in total. The zero-order valence-corrected chi connectivity index (χ0v) is 20.5. The molecule has 4 rings (SSSR count). The summed E-state index contributed by atoms with van der Waals surface area (Å²) in [6.45, 7) is 5.11. The van der Waals surface area contributed by atoms with Gasteiger partial charge < -0.3 is 20.1 Å². The largest absolute Gasteiger partial charge is 0.493 e. The molecule has 0 bridgehead atoms. The number of carbonyl (C=O) groups excluding carboxylic acids is 2. The molecule has 0 saturated carbocycles. The average Bonchev–Trinajstić information content (AvgIpc) is 2.91. The van der Waals surface area contributed by atoms with Crippen molar-refractivity contribution in [3.05, 3.63) is 96.1 Å². The first-order valence-electron chi connectivity index (χ1n) is 12.2. The molecule has 0 aliphatic rings. The van der Waals surface area contributed by atoms with E-state index in [1.165, 1.54) is 0 Å². The Kier molecular flexibility index (Phi) is 8.19. The van der Waals surface area contributed by atoms with E-state index in [0.717, 1.165) is 23.6 Å². The quantitative estimate of drug-likeness (QED) is 0.257. The van der Waals surface area contributed by atoms with Gasteiger partial charge in [-0.2, -0.15) is 0 Å². The maximum absolute atomic E-state index is 13.1. The van der Waals surface area contributed by atoms with Crippen LogP contribution >= 0.6 is 0 Å². The van der Waals surface area contributed by atoms with Crippen molar-refractivity contribution in [1.82, 2.24) is 0 Å². The minimum atomic E-state index is -0.259. The molecular formula is C30H30N2O4. The summed E-state index contributed by atoms with van der Waals surface area (Å²) in [4.78, 5) is 26.3. The lowest BCUT2D eigenvalue weighted by Crippen LogP contribution is -2.15.